The van der Waals surface area contributed by atoms with Crippen LogP contribution in [0.3, 0.4) is 0 Å². The van der Waals surface area contributed by atoms with Crippen molar-refractivity contribution in [3.63, 3.8) is 0 Å². The van der Waals surface area contributed by atoms with Gasteiger partial charge >= 0.3 is 12.3 Å². The number of nitrogens with one attached hydrogen (secondary N) is 1. The van der Waals surface area contributed by atoms with Crippen molar-refractivity contribution < 1.29 is 22.7 Å². The minimum Gasteiger partial charge on any atom is -0.445 e. The van der Waals surface area contributed by atoms with E-state index in [0.717, 1.165) is 5.56 Å². The standard InChI is InChI=1S/C12H15F3N2O2/c13-12(14,15)6-10(7-16)17-11(18)19-8-9-4-2-1-3-5-9/h1-5,10H,6-8,16H2,(H,17,18)/t10-/m1/s1. The van der Waals surface area contributed by atoms with Gasteiger partial charge in [0.25, 0.3) is 0 Å². The van der Waals surface area contributed by atoms with Crippen molar-refractivity contribution in [1.82, 2.24) is 5.32 Å². The lowest BCUT2D eigenvalue weighted by Gasteiger charge is -2.18. The van der Waals surface area contributed by atoms with Crippen LogP contribution >= 0.6 is 0 Å². The first kappa shape index (κ1) is 15.3. The Bertz CT molecular complexity index is 396. The van der Waals surface area contributed by atoms with Gasteiger partial charge in [0.05, 0.1) is 12.5 Å². The van der Waals surface area contributed by atoms with Crippen LogP contribution in [0.25, 0.3) is 0 Å². The van der Waals surface area contributed by atoms with Crippen molar-refractivity contribution in [3.8, 4) is 0 Å². The van der Waals surface area contributed by atoms with Gasteiger partial charge in [0, 0.05) is 6.54 Å². The number of hydrogen-bond donors (Lipinski definition) is 2. The van der Waals surface area contributed by atoms with Crippen molar-refractivity contribution in [2.45, 2.75) is 25.2 Å². The maximum atomic E-state index is 12.1. The van der Waals surface area contributed by atoms with E-state index in [4.69, 9.17) is 10.5 Å². The van der Waals surface area contributed by atoms with Crippen LogP contribution in [-0.4, -0.2) is 24.9 Å². The smallest absolute Gasteiger partial charge is 0.407 e. The van der Waals surface area contributed by atoms with Gasteiger partial charge in [0.15, 0.2) is 0 Å². The molecule has 0 aliphatic carbocycles. The summed E-state index contributed by atoms with van der Waals surface area (Å²) in [4.78, 5) is 11.3. The predicted molar refractivity (Wildman–Crippen MR) is 63.3 cm³/mol. The first-order valence-electron chi connectivity index (χ1n) is 5.65. The molecule has 0 bridgehead atoms. The molecule has 0 unspecified atom stereocenters. The minimum absolute atomic E-state index is 0.00399. The highest BCUT2D eigenvalue weighted by Gasteiger charge is 2.32. The lowest BCUT2D eigenvalue weighted by atomic mass is 10.2. The molecule has 0 aliphatic rings. The Morgan fingerprint density at radius 2 is 1.95 bits per heavy atom. The number of rotatable bonds is 5. The quantitative estimate of drug-likeness (QED) is 0.866. The molecule has 1 atom stereocenters. The van der Waals surface area contributed by atoms with Gasteiger partial charge in [-0.15, -0.1) is 0 Å². The van der Waals surface area contributed by atoms with Gasteiger partial charge in [-0.05, 0) is 5.56 Å². The Hall–Kier alpha value is -1.76. The SMILES string of the molecule is NC[C@@H](CC(F)(F)F)NC(=O)OCc1ccccc1. The molecule has 0 saturated heterocycles. The minimum atomic E-state index is -4.38. The zero-order chi connectivity index (χ0) is 14.3. The molecule has 0 fully saturated rings. The molecule has 1 aromatic rings. The third kappa shape index (κ3) is 6.66. The maximum Gasteiger partial charge on any atom is 0.407 e. The van der Waals surface area contributed by atoms with Crippen LogP contribution in [0, 0.1) is 0 Å². The van der Waals surface area contributed by atoms with Crippen molar-refractivity contribution in [3.05, 3.63) is 35.9 Å². The average Bonchev–Trinajstić information content (AvgIpc) is 2.35. The zero-order valence-electron chi connectivity index (χ0n) is 10.1. The normalized spacial score (nSPS) is 12.8. The summed E-state index contributed by atoms with van der Waals surface area (Å²) in [6.45, 7) is -0.310. The number of carbonyl (C=O) groups excluding carboxylic acids is 1. The topological polar surface area (TPSA) is 64.3 Å². The molecule has 0 aliphatic heterocycles. The summed E-state index contributed by atoms with van der Waals surface area (Å²) in [6, 6.07) is 7.64. The fourth-order valence-electron chi connectivity index (χ4n) is 1.40. The first-order valence-corrected chi connectivity index (χ1v) is 5.65. The number of alkyl carbamates (subject to hydrolysis) is 1. The third-order valence-electron chi connectivity index (χ3n) is 2.30. The molecular weight excluding hydrogens is 261 g/mol. The summed E-state index contributed by atoms with van der Waals surface area (Å²) in [5.41, 5.74) is 5.91. The fourth-order valence-corrected chi connectivity index (χ4v) is 1.40. The molecule has 3 N–H and O–H groups in total. The number of halogens is 3. The number of nitrogens with two attached hydrogens (primary N) is 1. The Morgan fingerprint density at radius 3 is 2.47 bits per heavy atom. The van der Waals surface area contributed by atoms with Crippen LogP contribution in [0.5, 0.6) is 0 Å². The Kier molecular flexibility index (Phi) is 5.62. The van der Waals surface area contributed by atoms with E-state index in [9.17, 15) is 18.0 Å². The highest BCUT2D eigenvalue weighted by atomic mass is 19.4. The number of carbonyl (C=O) groups is 1. The van der Waals surface area contributed by atoms with Gasteiger partial charge in [0.1, 0.15) is 6.61 Å². The number of benzene rings is 1. The highest BCUT2D eigenvalue weighted by molar-refractivity contribution is 5.67. The Labute approximate surface area is 108 Å². The molecule has 1 rings (SSSR count). The first-order chi connectivity index (χ1) is 8.90. The summed E-state index contributed by atoms with van der Waals surface area (Å²) < 4.78 is 41.2. The largest absolute Gasteiger partial charge is 0.445 e. The van der Waals surface area contributed by atoms with Crippen molar-refractivity contribution in [1.29, 1.82) is 0 Å². The van der Waals surface area contributed by atoms with E-state index >= 15 is 0 Å². The summed E-state index contributed by atoms with van der Waals surface area (Å²) in [5, 5.41) is 2.09. The van der Waals surface area contributed by atoms with Gasteiger partial charge < -0.3 is 15.8 Å². The second-order valence-electron chi connectivity index (χ2n) is 3.96. The van der Waals surface area contributed by atoms with E-state index in [1.165, 1.54) is 0 Å². The van der Waals surface area contributed by atoms with Crippen LogP contribution < -0.4 is 11.1 Å². The number of alkyl halides is 3. The molecule has 19 heavy (non-hydrogen) atoms. The lowest BCUT2D eigenvalue weighted by Crippen LogP contribution is -2.43. The third-order valence-corrected chi connectivity index (χ3v) is 2.30. The maximum absolute atomic E-state index is 12.1. The molecule has 0 aromatic heterocycles. The second-order valence-corrected chi connectivity index (χ2v) is 3.96. The van der Waals surface area contributed by atoms with Crippen LogP contribution in [0.15, 0.2) is 30.3 Å². The number of hydrogen-bond acceptors (Lipinski definition) is 3. The molecule has 4 nitrogen and oxygen atoms in total. The molecule has 0 saturated carbocycles. The summed E-state index contributed by atoms with van der Waals surface area (Å²) in [7, 11) is 0. The van der Waals surface area contributed by atoms with Crippen LogP contribution in [0.2, 0.25) is 0 Å². The fraction of sp³-hybridized carbons (Fsp3) is 0.417. The van der Waals surface area contributed by atoms with E-state index in [-0.39, 0.29) is 13.2 Å². The summed E-state index contributed by atoms with van der Waals surface area (Å²) >= 11 is 0. The Morgan fingerprint density at radius 1 is 1.32 bits per heavy atom. The molecule has 1 aromatic carbocycles. The number of ether oxygens (including phenoxy) is 1. The van der Waals surface area contributed by atoms with Crippen molar-refractivity contribution in [2.24, 2.45) is 5.73 Å². The van der Waals surface area contributed by atoms with Gasteiger partial charge in [-0.3, -0.25) is 0 Å². The molecule has 7 heteroatoms. The molecule has 106 valence electrons. The molecule has 1 amide bonds. The van der Waals surface area contributed by atoms with Crippen molar-refractivity contribution >= 4 is 6.09 Å². The van der Waals surface area contributed by atoms with E-state index in [1.807, 2.05) is 0 Å². The molecular formula is C12H15F3N2O2. The van der Waals surface area contributed by atoms with Gasteiger partial charge in [-0.2, -0.15) is 13.2 Å². The monoisotopic (exact) mass is 276 g/mol. The second kappa shape index (κ2) is 6.98. The Balaban J connectivity index is 2.37. The highest BCUT2D eigenvalue weighted by Crippen LogP contribution is 2.21. The van der Waals surface area contributed by atoms with Gasteiger partial charge in [-0.1, -0.05) is 30.3 Å². The van der Waals surface area contributed by atoms with Crippen LogP contribution in [0.4, 0.5) is 18.0 Å². The zero-order valence-corrected chi connectivity index (χ0v) is 10.1. The molecule has 0 heterocycles. The van der Waals surface area contributed by atoms with Crippen LogP contribution in [0.1, 0.15) is 12.0 Å². The van der Waals surface area contributed by atoms with E-state index in [0.29, 0.717) is 0 Å². The predicted octanol–water partition coefficient (Wildman–Crippen LogP) is 2.19. The van der Waals surface area contributed by atoms with Crippen molar-refractivity contribution in [2.75, 3.05) is 6.54 Å². The van der Waals surface area contributed by atoms with Crippen LogP contribution in [-0.2, 0) is 11.3 Å². The molecule has 0 spiro atoms. The van der Waals surface area contributed by atoms with Gasteiger partial charge in [-0.25, -0.2) is 4.79 Å². The van der Waals surface area contributed by atoms with Gasteiger partial charge in [0.2, 0.25) is 0 Å². The van der Waals surface area contributed by atoms with E-state index in [2.05, 4.69) is 5.32 Å². The summed E-state index contributed by atoms with van der Waals surface area (Å²) in [5.74, 6) is 0. The van der Waals surface area contributed by atoms with E-state index < -0.39 is 24.7 Å². The number of amides is 1. The van der Waals surface area contributed by atoms with E-state index in [1.54, 1.807) is 30.3 Å². The lowest BCUT2D eigenvalue weighted by molar-refractivity contribution is -0.139. The summed E-state index contributed by atoms with van der Waals surface area (Å²) in [6.07, 6.45) is -6.47. The molecule has 0 radical (unpaired) electrons. The average molecular weight is 276 g/mol.